The Bertz CT molecular complexity index is 1090. The van der Waals surface area contributed by atoms with Gasteiger partial charge in [-0.15, -0.1) is 0 Å². The van der Waals surface area contributed by atoms with E-state index in [2.05, 4.69) is 5.16 Å². The summed E-state index contributed by atoms with van der Waals surface area (Å²) in [4.78, 5) is 12.0. The Morgan fingerprint density at radius 3 is 2.70 bits per heavy atom. The van der Waals surface area contributed by atoms with Crippen LogP contribution in [0.3, 0.4) is 0 Å². The van der Waals surface area contributed by atoms with E-state index in [1.54, 1.807) is 50.6 Å². The first-order valence-corrected chi connectivity index (χ1v) is 9.09. The molecule has 1 aromatic heterocycles. The van der Waals surface area contributed by atoms with Crippen LogP contribution in [0.1, 0.15) is 11.3 Å². The van der Waals surface area contributed by atoms with E-state index in [1.165, 1.54) is 6.08 Å². The number of rotatable bonds is 7. The summed E-state index contributed by atoms with van der Waals surface area (Å²) in [6.07, 6.45) is 2.96. The van der Waals surface area contributed by atoms with Crippen LogP contribution in [0.5, 0.6) is 23.0 Å². The summed E-state index contributed by atoms with van der Waals surface area (Å²) in [7, 11) is 3.11. The van der Waals surface area contributed by atoms with Crippen molar-refractivity contribution >= 4 is 12.0 Å². The van der Waals surface area contributed by atoms with Crippen LogP contribution in [-0.2, 0) is 16.1 Å². The Morgan fingerprint density at radius 1 is 1.03 bits per heavy atom. The second kappa shape index (κ2) is 8.60. The van der Waals surface area contributed by atoms with Gasteiger partial charge in [0.2, 0.25) is 6.79 Å². The molecule has 1 aliphatic heterocycles. The van der Waals surface area contributed by atoms with Crippen LogP contribution in [0, 0.1) is 0 Å². The molecule has 0 spiro atoms. The molecule has 0 saturated heterocycles. The van der Waals surface area contributed by atoms with Gasteiger partial charge in [0.1, 0.15) is 12.3 Å². The summed E-state index contributed by atoms with van der Waals surface area (Å²) in [5, 5.41) is 3.94. The monoisotopic (exact) mass is 409 g/mol. The van der Waals surface area contributed by atoms with Crippen LogP contribution in [0.4, 0.5) is 0 Å². The summed E-state index contributed by atoms with van der Waals surface area (Å²) >= 11 is 0. The number of fused-ring (bicyclic) bond motifs is 1. The first-order chi connectivity index (χ1) is 14.7. The molecular weight excluding hydrogens is 390 g/mol. The quantitative estimate of drug-likeness (QED) is 0.430. The Morgan fingerprint density at radius 2 is 1.87 bits per heavy atom. The smallest absolute Gasteiger partial charge is 0.331 e. The molecule has 0 fully saturated rings. The maximum absolute atomic E-state index is 12.0. The Kier molecular flexibility index (Phi) is 5.56. The molecule has 3 aromatic rings. The standard InChI is InChI=1S/C22H19NO7/c1-25-17-6-3-14(9-20(17)26-2)4-8-22(24)27-12-16-11-19(30-23-16)15-5-7-18-21(10-15)29-13-28-18/h3-11H,12-13H2,1-2H3/b8-4-. The molecule has 2 aromatic carbocycles. The van der Waals surface area contributed by atoms with Gasteiger partial charge in [-0.2, -0.15) is 0 Å². The Balaban J connectivity index is 1.35. The van der Waals surface area contributed by atoms with Crippen LogP contribution >= 0.6 is 0 Å². The molecule has 1 aliphatic rings. The lowest BCUT2D eigenvalue weighted by atomic mass is 10.1. The zero-order valence-electron chi connectivity index (χ0n) is 16.4. The summed E-state index contributed by atoms with van der Waals surface area (Å²) < 4.78 is 31.7. The molecule has 0 saturated carbocycles. The lowest BCUT2D eigenvalue weighted by Crippen LogP contribution is -2.00. The fraction of sp³-hybridized carbons (Fsp3) is 0.182. The summed E-state index contributed by atoms with van der Waals surface area (Å²) in [5.41, 5.74) is 2.06. The van der Waals surface area contributed by atoms with Gasteiger partial charge in [-0.25, -0.2) is 4.79 Å². The van der Waals surface area contributed by atoms with Crippen molar-refractivity contribution in [1.29, 1.82) is 0 Å². The first kappa shape index (κ1) is 19.4. The van der Waals surface area contributed by atoms with Crippen molar-refractivity contribution in [3.63, 3.8) is 0 Å². The predicted molar refractivity (Wildman–Crippen MR) is 106 cm³/mol. The van der Waals surface area contributed by atoms with Crippen molar-refractivity contribution in [2.24, 2.45) is 0 Å². The van der Waals surface area contributed by atoms with Crippen LogP contribution in [0.15, 0.2) is 53.1 Å². The highest BCUT2D eigenvalue weighted by atomic mass is 16.7. The van der Waals surface area contributed by atoms with Crippen molar-refractivity contribution in [1.82, 2.24) is 5.16 Å². The van der Waals surface area contributed by atoms with E-state index in [-0.39, 0.29) is 13.4 Å². The van der Waals surface area contributed by atoms with Crippen molar-refractivity contribution in [3.8, 4) is 34.3 Å². The van der Waals surface area contributed by atoms with E-state index >= 15 is 0 Å². The fourth-order valence-corrected chi connectivity index (χ4v) is 2.88. The topological polar surface area (TPSA) is 89.3 Å². The van der Waals surface area contributed by atoms with E-state index in [4.69, 9.17) is 28.2 Å². The summed E-state index contributed by atoms with van der Waals surface area (Å²) in [5.74, 6) is 2.57. The highest BCUT2D eigenvalue weighted by Gasteiger charge is 2.16. The molecule has 8 heteroatoms. The molecule has 154 valence electrons. The average molecular weight is 409 g/mol. The van der Waals surface area contributed by atoms with Gasteiger partial charge in [0.15, 0.2) is 28.8 Å². The van der Waals surface area contributed by atoms with Gasteiger partial charge in [-0.1, -0.05) is 11.2 Å². The van der Waals surface area contributed by atoms with E-state index < -0.39 is 5.97 Å². The number of aromatic nitrogens is 1. The molecule has 8 nitrogen and oxygen atoms in total. The van der Waals surface area contributed by atoms with E-state index in [9.17, 15) is 4.79 Å². The van der Waals surface area contributed by atoms with Gasteiger partial charge in [0.05, 0.1) is 14.2 Å². The van der Waals surface area contributed by atoms with E-state index in [0.717, 1.165) is 11.1 Å². The molecule has 2 heterocycles. The third kappa shape index (κ3) is 4.22. The number of carbonyl (C=O) groups is 1. The van der Waals surface area contributed by atoms with Crippen LogP contribution in [-0.4, -0.2) is 32.1 Å². The lowest BCUT2D eigenvalue weighted by Gasteiger charge is -2.07. The second-order valence-electron chi connectivity index (χ2n) is 6.31. The van der Waals surface area contributed by atoms with Gasteiger partial charge < -0.3 is 28.2 Å². The molecule has 0 bridgehead atoms. The van der Waals surface area contributed by atoms with Crippen LogP contribution < -0.4 is 18.9 Å². The Labute approximate surface area is 172 Å². The molecule has 0 N–H and O–H groups in total. The van der Waals surface area contributed by atoms with Crippen molar-refractivity contribution in [2.75, 3.05) is 21.0 Å². The number of carbonyl (C=O) groups excluding carboxylic acids is 1. The predicted octanol–water partition coefficient (Wildman–Crippen LogP) is 3.84. The minimum Gasteiger partial charge on any atom is -0.493 e. The van der Waals surface area contributed by atoms with Crippen molar-refractivity contribution in [2.45, 2.75) is 6.61 Å². The zero-order chi connectivity index (χ0) is 20.9. The molecule has 0 amide bonds. The van der Waals surface area contributed by atoms with Crippen molar-refractivity contribution in [3.05, 3.63) is 59.8 Å². The first-order valence-electron chi connectivity index (χ1n) is 9.09. The highest BCUT2D eigenvalue weighted by Crippen LogP contribution is 2.36. The minimum atomic E-state index is -0.502. The van der Waals surface area contributed by atoms with Gasteiger partial charge in [0, 0.05) is 17.7 Å². The normalized spacial score (nSPS) is 12.2. The number of ether oxygens (including phenoxy) is 5. The minimum absolute atomic E-state index is 0.0108. The van der Waals surface area contributed by atoms with Crippen molar-refractivity contribution < 1.29 is 33.0 Å². The summed E-state index contributed by atoms with van der Waals surface area (Å²) in [6.45, 7) is 0.191. The SMILES string of the molecule is COc1ccc(/C=C\C(=O)OCc2cc(-c3ccc4c(c3)OCO4)on2)cc1OC. The largest absolute Gasteiger partial charge is 0.493 e. The number of esters is 1. The highest BCUT2D eigenvalue weighted by molar-refractivity contribution is 5.87. The summed E-state index contributed by atoms with van der Waals surface area (Å²) in [6, 6.07) is 12.5. The number of hydrogen-bond donors (Lipinski definition) is 0. The molecule has 0 radical (unpaired) electrons. The van der Waals surface area contributed by atoms with Gasteiger partial charge in [-0.05, 0) is 42.0 Å². The number of nitrogens with zero attached hydrogens (tertiary/aromatic N) is 1. The number of benzene rings is 2. The Hall–Kier alpha value is -3.94. The third-order valence-electron chi connectivity index (χ3n) is 4.40. The van der Waals surface area contributed by atoms with Gasteiger partial charge in [0.25, 0.3) is 0 Å². The van der Waals surface area contributed by atoms with E-state index in [0.29, 0.717) is 34.5 Å². The van der Waals surface area contributed by atoms with Gasteiger partial charge in [-0.3, -0.25) is 0 Å². The molecule has 30 heavy (non-hydrogen) atoms. The molecule has 4 rings (SSSR count). The maximum Gasteiger partial charge on any atom is 0.331 e. The molecule has 0 atom stereocenters. The number of hydrogen-bond acceptors (Lipinski definition) is 8. The number of methoxy groups -OCH3 is 2. The van der Waals surface area contributed by atoms with Crippen LogP contribution in [0.2, 0.25) is 0 Å². The molecular formula is C22H19NO7. The van der Waals surface area contributed by atoms with Crippen LogP contribution in [0.25, 0.3) is 17.4 Å². The third-order valence-corrected chi connectivity index (χ3v) is 4.40. The lowest BCUT2D eigenvalue weighted by molar-refractivity contribution is -0.139. The fourth-order valence-electron chi connectivity index (χ4n) is 2.88. The maximum atomic E-state index is 12.0. The average Bonchev–Trinajstić information content (AvgIpc) is 3.44. The molecule has 0 unspecified atom stereocenters. The molecule has 0 aliphatic carbocycles. The van der Waals surface area contributed by atoms with E-state index in [1.807, 2.05) is 12.1 Å². The van der Waals surface area contributed by atoms with Gasteiger partial charge >= 0.3 is 5.97 Å². The second-order valence-corrected chi connectivity index (χ2v) is 6.31. The zero-order valence-corrected chi connectivity index (χ0v) is 16.4.